The van der Waals surface area contributed by atoms with Crippen LogP contribution in [0.25, 0.3) is 16.3 Å². The Kier molecular flexibility index (Phi) is 7.24. The average molecular weight is 494 g/mol. The van der Waals surface area contributed by atoms with Crippen LogP contribution in [0.5, 0.6) is 17.2 Å². The molecule has 1 amide bonds. The molecule has 0 spiro atoms. The number of hydrogen-bond acceptors (Lipinski definition) is 8. The van der Waals surface area contributed by atoms with Gasteiger partial charge in [0, 0.05) is 16.5 Å². The normalized spacial score (nSPS) is 11.4. The van der Waals surface area contributed by atoms with Crippen LogP contribution in [0, 0.1) is 6.92 Å². The van der Waals surface area contributed by atoms with E-state index in [-0.39, 0.29) is 5.91 Å². The standard InChI is InChI=1S/C25H23N3O4S2/c1-16-7-9-19-22(12-16)34-25(27-19)28(23(29)10-8-18-6-5-11-33-18)26-15-17-13-20(30-2)24(32-4)21(14-17)31-3/h5-15H,1-4H3/b10-8+,26-15+. The SMILES string of the molecule is COc1cc(/C=N/N(C(=O)/C=C/c2cccs2)c2nc3ccc(C)cc3s2)cc(OC)c1OC. The van der Waals surface area contributed by atoms with E-state index < -0.39 is 0 Å². The molecule has 174 valence electrons. The molecule has 0 aliphatic rings. The highest BCUT2D eigenvalue weighted by atomic mass is 32.1. The number of aromatic nitrogens is 1. The highest BCUT2D eigenvalue weighted by Gasteiger charge is 2.18. The summed E-state index contributed by atoms with van der Waals surface area (Å²) in [4.78, 5) is 18.8. The minimum Gasteiger partial charge on any atom is -0.493 e. The molecule has 4 rings (SSSR count). The van der Waals surface area contributed by atoms with E-state index in [0.717, 1.165) is 20.7 Å². The van der Waals surface area contributed by atoms with Crippen LogP contribution in [0.4, 0.5) is 5.13 Å². The predicted molar refractivity (Wildman–Crippen MR) is 139 cm³/mol. The van der Waals surface area contributed by atoms with Crippen molar-refractivity contribution in [2.24, 2.45) is 5.10 Å². The van der Waals surface area contributed by atoms with Crippen LogP contribution in [-0.4, -0.2) is 38.4 Å². The molecule has 0 saturated heterocycles. The number of carbonyl (C=O) groups is 1. The van der Waals surface area contributed by atoms with Crippen LogP contribution in [-0.2, 0) is 4.79 Å². The van der Waals surface area contributed by atoms with E-state index in [1.807, 2.05) is 42.6 Å². The largest absolute Gasteiger partial charge is 0.493 e. The average Bonchev–Trinajstić information content (AvgIpc) is 3.51. The molecule has 34 heavy (non-hydrogen) atoms. The summed E-state index contributed by atoms with van der Waals surface area (Å²) in [6.45, 7) is 2.02. The molecule has 2 heterocycles. The number of thiophene rings is 1. The lowest BCUT2D eigenvalue weighted by Crippen LogP contribution is -2.23. The van der Waals surface area contributed by atoms with E-state index in [4.69, 9.17) is 14.2 Å². The van der Waals surface area contributed by atoms with Gasteiger partial charge in [0.1, 0.15) is 0 Å². The summed E-state index contributed by atoms with van der Waals surface area (Å²) in [6.07, 6.45) is 4.83. The zero-order valence-corrected chi connectivity index (χ0v) is 20.8. The molecular formula is C25H23N3O4S2. The summed E-state index contributed by atoms with van der Waals surface area (Å²) in [7, 11) is 4.64. The van der Waals surface area contributed by atoms with E-state index in [1.54, 1.807) is 57.1 Å². The first-order valence-electron chi connectivity index (χ1n) is 10.3. The van der Waals surface area contributed by atoms with Gasteiger partial charge in [0.2, 0.25) is 10.9 Å². The zero-order valence-electron chi connectivity index (χ0n) is 19.1. The molecule has 2 aromatic heterocycles. The quantitative estimate of drug-likeness (QED) is 0.177. The molecule has 0 unspecified atom stereocenters. The molecule has 2 aromatic carbocycles. The molecule has 0 atom stereocenters. The van der Waals surface area contributed by atoms with Crippen molar-refractivity contribution in [3.8, 4) is 17.2 Å². The maximum Gasteiger partial charge on any atom is 0.273 e. The number of carbonyl (C=O) groups excluding carboxylic acids is 1. The number of aryl methyl sites for hydroxylation is 1. The molecule has 0 fully saturated rings. The molecule has 0 aliphatic heterocycles. The number of methoxy groups -OCH3 is 3. The zero-order chi connectivity index (χ0) is 24.1. The molecule has 0 N–H and O–H groups in total. The Morgan fingerprint density at radius 1 is 1.06 bits per heavy atom. The number of hydrazone groups is 1. The third-order valence-corrected chi connectivity index (χ3v) is 6.70. The molecule has 0 bridgehead atoms. The lowest BCUT2D eigenvalue weighted by molar-refractivity contribution is -0.114. The van der Waals surface area contributed by atoms with E-state index in [9.17, 15) is 4.79 Å². The van der Waals surface area contributed by atoms with Crippen molar-refractivity contribution in [2.45, 2.75) is 6.92 Å². The van der Waals surface area contributed by atoms with Gasteiger partial charge >= 0.3 is 0 Å². The first-order valence-corrected chi connectivity index (χ1v) is 12.0. The van der Waals surface area contributed by atoms with Gasteiger partial charge in [0.25, 0.3) is 5.91 Å². The molecule has 0 radical (unpaired) electrons. The van der Waals surface area contributed by atoms with Crippen LogP contribution in [0.15, 0.2) is 59.0 Å². The fourth-order valence-electron chi connectivity index (χ4n) is 3.22. The Labute approximate surface area is 205 Å². The van der Waals surface area contributed by atoms with Crippen molar-refractivity contribution in [3.05, 3.63) is 69.9 Å². The Morgan fingerprint density at radius 3 is 2.47 bits per heavy atom. The van der Waals surface area contributed by atoms with E-state index in [2.05, 4.69) is 10.1 Å². The minimum absolute atomic E-state index is 0.312. The fraction of sp³-hybridized carbons (Fsp3) is 0.160. The van der Waals surface area contributed by atoms with Gasteiger partial charge in [-0.2, -0.15) is 10.1 Å². The molecule has 0 saturated carbocycles. The van der Waals surface area contributed by atoms with Crippen LogP contribution in [0.2, 0.25) is 0 Å². The summed E-state index contributed by atoms with van der Waals surface area (Å²) in [5, 5.41) is 8.23. The number of amides is 1. The van der Waals surface area contributed by atoms with E-state index in [1.165, 1.54) is 22.4 Å². The van der Waals surface area contributed by atoms with Crippen molar-refractivity contribution in [2.75, 3.05) is 26.3 Å². The Balaban J connectivity index is 1.73. The second kappa shape index (κ2) is 10.5. The number of nitrogens with zero attached hydrogens (tertiary/aromatic N) is 3. The van der Waals surface area contributed by atoms with Crippen molar-refractivity contribution >= 4 is 56.2 Å². The first-order chi connectivity index (χ1) is 16.5. The highest BCUT2D eigenvalue weighted by molar-refractivity contribution is 7.22. The van der Waals surface area contributed by atoms with E-state index >= 15 is 0 Å². The second-order valence-corrected chi connectivity index (χ2v) is 9.16. The number of rotatable bonds is 8. The van der Waals surface area contributed by atoms with Gasteiger partial charge in [0.15, 0.2) is 11.5 Å². The molecule has 9 heteroatoms. The molecular weight excluding hydrogens is 470 g/mol. The summed E-state index contributed by atoms with van der Waals surface area (Å²) in [5.41, 5.74) is 2.61. The maximum atomic E-state index is 13.2. The smallest absolute Gasteiger partial charge is 0.273 e. The van der Waals surface area contributed by atoms with Crippen molar-refractivity contribution in [1.82, 2.24) is 4.98 Å². The number of benzene rings is 2. The number of ether oxygens (including phenoxy) is 3. The second-order valence-electron chi connectivity index (χ2n) is 7.17. The highest BCUT2D eigenvalue weighted by Crippen LogP contribution is 2.38. The van der Waals surface area contributed by atoms with Gasteiger partial charge in [-0.3, -0.25) is 4.79 Å². The summed E-state index contributed by atoms with van der Waals surface area (Å²) < 4.78 is 17.2. The minimum atomic E-state index is -0.312. The Bertz CT molecular complexity index is 1340. The number of hydrogen-bond donors (Lipinski definition) is 0. The lowest BCUT2D eigenvalue weighted by Gasteiger charge is -2.14. The first kappa shape index (κ1) is 23.5. The van der Waals surface area contributed by atoms with Gasteiger partial charge in [-0.25, -0.2) is 4.98 Å². The third kappa shape index (κ3) is 5.11. The Hall–Kier alpha value is -3.69. The number of anilines is 1. The Morgan fingerprint density at radius 2 is 1.82 bits per heavy atom. The van der Waals surface area contributed by atoms with Crippen molar-refractivity contribution in [1.29, 1.82) is 0 Å². The summed E-state index contributed by atoms with van der Waals surface area (Å²) in [5.74, 6) is 1.16. The van der Waals surface area contributed by atoms with Crippen LogP contribution < -0.4 is 19.2 Å². The van der Waals surface area contributed by atoms with Gasteiger partial charge in [-0.1, -0.05) is 23.5 Å². The topological polar surface area (TPSA) is 73.2 Å². The third-order valence-electron chi connectivity index (χ3n) is 4.87. The monoisotopic (exact) mass is 493 g/mol. The van der Waals surface area contributed by atoms with Gasteiger partial charge in [-0.05, 0) is 54.3 Å². The predicted octanol–water partition coefficient (Wildman–Crippen LogP) is 5.77. The number of fused-ring (bicyclic) bond motifs is 1. The maximum absolute atomic E-state index is 13.2. The van der Waals surface area contributed by atoms with Gasteiger partial charge in [-0.15, -0.1) is 11.3 Å². The van der Waals surface area contributed by atoms with Crippen molar-refractivity contribution in [3.63, 3.8) is 0 Å². The van der Waals surface area contributed by atoms with E-state index in [0.29, 0.717) is 27.9 Å². The summed E-state index contributed by atoms with van der Waals surface area (Å²) >= 11 is 2.96. The number of thiazole rings is 1. The van der Waals surface area contributed by atoms with Crippen molar-refractivity contribution < 1.29 is 19.0 Å². The van der Waals surface area contributed by atoms with Crippen LogP contribution in [0.3, 0.4) is 0 Å². The van der Waals surface area contributed by atoms with Gasteiger partial charge < -0.3 is 14.2 Å². The van der Waals surface area contributed by atoms with Crippen LogP contribution >= 0.6 is 22.7 Å². The lowest BCUT2D eigenvalue weighted by atomic mass is 10.2. The molecule has 4 aromatic rings. The summed E-state index contributed by atoms with van der Waals surface area (Å²) in [6, 6.07) is 13.4. The van der Waals surface area contributed by atoms with Gasteiger partial charge in [0.05, 0.1) is 37.8 Å². The fourth-order valence-corrected chi connectivity index (χ4v) is 4.87. The van der Waals surface area contributed by atoms with Crippen LogP contribution in [0.1, 0.15) is 16.0 Å². The molecule has 0 aliphatic carbocycles. The molecule has 7 nitrogen and oxygen atoms in total.